The van der Waals surface area contributed by atoms with E-state index in [1.807, 2.05) is 13.8 Å². The summed E-state index contributed by atoms with van der Waals surface area (Å²) < 4.78 is 26.1. The van der Waals surface area contributed by atoms with Gasteiger partial charge >= 0.3 is 0 Å². The average Bonchev–Trinajstić information content (AvgIpc) is 2.27. The monoisotopic (exact) mass is 300 g/mol. The normalized spacial score (nSPS) is 11.0. The highest BCUT2D eigenvalue weighted by atomic mass is 35.5. The topological polar surface area (TPSA) is 72.2 Å². The van der Waals surface area contributed by atoms with Crippen molar-refractivity contribution in [1.82, 2.24) is 0 Å². The quantitative estimate of drug-likeness (QED) is 0.836. The number of anilines is 1. The predicted molar refractivity (Wildman–Crippen MR) is 79.6 cm³/mol. The largest absolute Gasteiger partial charge is 0.320 e. The molecule has 0 aliphatic heterocycles. The summed E-state index contributed by atoms with van der Waals surface area (Å²) in [4.78, 5) is 0. The van der Waals surface area contributed by atoms with Gasteiger partial charge in [-0.05, 0) is 24.1 Å². The van der Waals surface area contributed by atoms with Crippen molar-refractivity contribution in [3.05, 3.63) is 28.8 Å². The highest BCUT2D eigenvalue weighted by Crippen LogP contribution is 2.20. The van der Waals surface area contributed by atoms with E-state index in [1.165, 1.54) is 0 Å². The number of nitrogens with one attached hydrogen (secondary N) is 1. The summed E-state index contributed by atoms with van der Waals surface area (Å²) in [6, 6.07) is 4.81. The van der Waals surface area contributed by atoms with Crippen LogP contribution in [0.5, 0.6) is 0 Å². The number of halogens is 1. The van der Waals surface area contributed by atoms with Gasteiger partial charge in [0, 0.05) is 11.3 Å². The molecule has 0 atom stereocenters. The summed E-state index contributed by atoms with van der Waals surface area (Å²) in [6.07, 6.45) is 0. The van der Waals surface area contributed by atoms with Gasteiger partial charge in [-0.3, -0.25) is 4.72 Å². The van der Waals surface area contributed by atoms with Crippen LogP contribution >= 0.6 is 11.6 Å². The van der Waals surface area contributed by atoms with Crippen molar-refractivity contribution >= 4 is 27.3 Å². The van der Waals surface area contributed by atoms with Gasteiger partial charge in [-0.25, -0.2) is 8.42 Å². The van der Waals surface area contributed by atoms with E-state index in [-0.39, 0.29) is 18.2 Å². The second kappa shape index (κ2) is 6.80. The maximum Gasteiger partial charge on any atom is 0.232 e. The van der Waals surface area contributed by atoms with Gasteiger partial charge in [0.1, 0.15) is 0 Å². The molecule has 0 unspecified atom stereocenters. The van der Waals surface area contributed by atoms with Gasteiger partial charge in [0.2, 0.25) is 10.0 Å². The van der Waals surface area contributed by atoms with Crippen molar-refractivity contribution in [1.29, 1.82) is 0 Å². The van der Waals surface area contributed by atoms with Crippen LogP contribution in [0, 0.1) is 17.8 Å². The molecule has 0 aliphatic carbocycles. The summed E-state index contributed by atoms with van der Waals surface area (Å²) in [5, 5.41) is 0.466. The fraction of sp³-hybridized carbons (Fsp3) is 0.385. The lowest BCUT2D eigenvalue weighted by molar-refractivity contribution is 0.587. The standard InChI is InChI=1S/C13H17ClN2O2S/c1-10(2)9-19(17,18)16-12-5-6-13(14)11(8-12)4-3-7-15/h5-6,8,10,16H,7,9,15H2,1-2H3. The van der Waals surface area contributed by atoms with Gasteiger partial charge in [-0.2, -0.15) is 0 Å². The van der Waals surface area contributed by atoms with Crippen molar-refractivity contribution in [3.63, 3.8) is 0 Å². The second-order valence-electron chi connectivity index (χ2n) is 4.48. The third-order valence-corrected chi connectivity index (χ3v) is 4.10. The van der Waals surface area contributed by atoms with E-state index < -0.39 is 10.0 Å². The van der Waals surface area contributed by atoms with Crippen molar-refractivity contribution in [3.8, 4) is 11.8 Å². The first-order valence-corrected chi connectivity index (χ1v) is 7.86. The third-order valence-electron chi connectivity index (χ3n) is 2.12. The lowest BCUT2D eigenvalue weighted by Crippen LogP contribution is -2.20. The number of hydrogen-bond acceptors (Lipinski definition) is 3. The number of sulfonamides is 1. The van der Waals surface area contributed by atoms with Crippen LogP contribution in [0.1, 0.15) is 19.4 Å². The minimum Gasteiger partial charge on any atom is -0.320 e. The Labute approximate surface area is 119 Å². The van der Waals surface area contributed by atoms with Crippen molar-refractivity contribution in [2.24, 2.45) is 11.7 Å². The summed E-state index contributed by atoms with van der Waals surface area (Å²) in [5.41, 5.74) is 6.30. The molecule has 1 aromatic carbocycles. The van der Waals surface area contributed by atoms with Gasteiger partial charge in [-0.1, -0.05) is 37.3 Å². The predicted octanol–water partition coefficient (Wildman–Crippen LogP) is 2.05. The molecule has 6 heteroatoms. The molecule has 1 rings (SSSR count). The lowest BCUT2D eigenvalue weighted by Gasteiger charge is -2.10. The number of nitrogens with two attached hydrogens (primary N) is 1. The first-order chi connectivity index (χ1) is 8.84. The van der Waals surface area contributed by atoms with Crippen molar-refractivity contribution in [2.45, 2.75) is 13.8 Å². The molecule has 0 heterocycles. The third kappa shape index (κ3) is 5.52. The Bertz CT molecular complexity index is 601. The van der Waals surface area contributed by atoms with E-state index in [0.29, 0.717) is 16.3 Å². The highest BCUT2D eigenvalue weighted by Gasteiger charge is 2.13. The smallest absolute Gasteiger partial charge is 0.232 e. The molecule has 104 valence electrons. The summed E-state index contributed by atoms with van der Waals surface area (Å²) in [6.45, 7) is 3.91. The molecule has 4 nitrogen and oxygen atoms in total. The Morgan fingerprint density at radius 1 is 1.42 bits per heavy atom. The molecule has 1 aromatic rings. The average molecular weight is 301 g/mol. The van der Waals surface area contributed by atoms with E-state index in [1.54, 1.807) is 18.2 Å². The number of benzene rings is 1. The minimum absolute atomic E-state index is 0.0568. The lowest BCUT2D eigenvalue weighted by atomic mass is 10.2. The van der Waals surface area contributed by atoms with E-state index in [2.05, 4.69) is 16.6 Å². The molecule has 3 N–H and O–H groups in total. The van der Waals surface area contributed by atoms with Gasteiger partial charge in [0.15, 0.2) is 0 Å². The van der Waals surface area contributed by atoms with Crippen LogP contribution in [0.15, 0.2) is 18.2 Å². The fourth-order valence-electron chi connectivity index (χ4n) is 1.49. The maximum atomic E-state index is 11.8. The Hall–Kier alpha value is -1.22. The first-order valence-electron chi connectivity index (χ1n) is 5.83. The molecule has 0 aromatic heterocycles. The molecule has 0 fully saturated rings. The Kier molecular flexibility index (Phi) is 5.67. The Morgan fingerprint density at radius 2 is 2.11 bits per heavy atom. The van der Waals surface area contributed by atoms with Crippen LogP contribution in [0.25, 0.3) is 0 Å². The molecule has 0 spiro atoms. The van der Waals surface area contributed by atoms with E-state index in [4.69, 9.17) is 17.3 Å². The second-order valence-corrected chi connectivity index (χ2v) is 6.65. The zero-order chi connectivity index (χ0) is 14.5. The van der Waals surface area contributed by atoms with E-state index in [0.717, 1.165) is 0 Å². The van der Waals surface area contributed by atoms with Gasteiger partial charge in [-0.15, -0.1) is 0 Å². The molecule has 0 saturated heterocycles. The molecule has 19 heavy (non-hydrogen) atoms. The van der Waals surface area contributed by atoms with Gasteiger partial charge < -0.3 is 5.73 Å². The molecular formula is C13H17ClN2O2S. The summed E-state index contributed by atoms with van der Waals surface area (Å²) in [5.74, 6) is 5.61. The van der Waals surface area contributed by atoms with Crippen LogP contribution in [0.4, 0.5) is 5.69 Å². The van der Waals surface area contributed by atoms with Gasteiger partial charge in [0.25, 0.3) is 0 Å². The number of hydrogen-bond donors (Lipinski definition) is 2. The SMILES string of the molecule is CC(C)CS(=O)(=O)Nc1ccc(Cl)c(C#CCN)c1. The Morgan fingerprint density at radius 3 is 2.68 bits per heavy atom. The Balaban J connectivity index is 2.97. The zero-order valence-corrected chi connectivity index (χ0v) is 12.5. The fourth-order valence-corrected chi connectivity index (χ4v) is 3.10. The maximum absolute atomic E-state index is 11.8. The van der Waals surface area contributed by atoms with Gasteiger partial charge in [0.05, 0.1) is 17.3 Å². The van der Waals surface area contributed by atoms with E-state index in [9.17, 15) is 8.42 Å². The molecule has 0 radical (unpaired) electrons. The number of rotatable bonds is 4. The van der Waals surface area contributed by atoms with Crippen molar-refractivity contribution < 1.29 is 8.42 Å². The van der Waals surface area contributed by atoms with Crippen LogP contribution in [-0.2, 0) is 10.0 Å². The van der Waals surface area contributed by atoms with Crippen LogP contribution in [0.2, 0.25) is 5.02 Å². The minimum atomic E-state index is -3.35. The highest BCUT2D eigenvalue weighted by molar-refractivity contribution is 7.92. The molecule has 0 bridgehead atoms. The summed E-state index contributed by atoms with van der Waals surface area (Å²) in [7, 11) is -3.35. The molecule has 0 amide bonds. The molecular weight excluding hydrogens is 284 g/mol. The summed E-state index contributed by atoms with van der Waals surface area (Å²) >= 11 is 5.97. The molecule has 0 aliphatic rings. The first kappa shape index (κ1) is 15.8. The van der Waals surface area contributed by atoms with Crippen LogP contribution < -0.4 is 10.5 Å². The van der Waals surface area contributed by atoms with Crippen LogP contribution in [-0.4, -0.2) is 20.7 Å². The molecule has 0 saturated carbocycles. The van der Waals surface area contributed by atoms with E-state index >= 15 is 0 Å². The van der Waals surface area contributed by atoms with Crippen LogP contribution in [0.3, 0.4) is 0 Å². The van der Waals surface area contributed by atoms with Crippen molar-refractivity contribution in [2.75, 3.05) is 17.0 Å². The zero-order valence-electron chi connectivity index (χ0n) is 10.9.